The van der Waals surface area contributed by atoms with Gasteiger partial charge in [0.1, 0.15) is 22.9 Å². The van der Waals surface area contributed by atoms with Crippen molar-refractivity contribution in [1.29, 1.82) is 0 Å². The molecule has 0 unspecified atom stereocenters. The second kappa shape index (κ2) is 11.6. The Morgan fingerprint density at radius 2 is 1.79 bits per heavy atom. The number of amides is 1. The summed E-state index contributed by atoms with van der Waals surface area (Å²) in [6.45, 7) is 2.97. The molecule has 2 aromatic heterocycles. The molecule has 10 nitrogen and oxygen atoms in total. The van der Waals surface area contributed by atoms with Crippen LogP contribution in [0, 0.1) is 23.5 Å². The zero-order valence-electron chi connectivity index (χ0n) is 22.8. The van der Waals surface area contributed by atoms with Crippen molar-refractivity contribution in [3.63, 3.8) is 0 Å². The summed E-state index contributed by atoms with van der Waals surface area (Å²) >= 11 is 6.47. The van der Waals surface area contributed by atoms with Gasteiger partial charge in [-0.2, -0.15) is 5.10 Å². The fourth-order valence-corrected chi connectivity index (χ4v) is 5.16. The van der Waals surface area contributed by atoms with Gasteiger partial charge >= 0.3 is 6.09 Å². The first-order valence-electron chi connectivity index (χ1n) is 12.3. The van der Waals surface area contributed by atoms with E-state index in [-0.39, 0.29) is 39.6 Å². The van der Waals surface area contributed by atoms with Crippen LogP contribution in [0.5, 0.6) is 0 Å². The number of aromatic nitrogens is 3. The van der Waals surface area contributed by atoms with Crippen molar-refractivity contribution in [3.05, 3.63) is 76.1 Å². The molecule has 0 fully saturated rings. The molecule has 0 aliphatic carbocycles. The highest BCUT2D eigenvalue weighted by atomic mass is 35.5. The van der Waals surface area contributed by atoms with E-state index < -0.39 is 39.4 Å². The predicted octanol–water partition coefficient (Wildman–Crippen LogP) is 4.61. The highest BCUT2D eigenvalue weighted by molar-refractivity contribution is 7.92. The SMILES string of the molecule is Cn1nc(NS(C)(=O)=O)c2c(Cl)ccc(-c3ccc(C#CC(C)(C)O)nc3[C@H](Cc3cc(F)cc(F)c3)NC(=O)O)c21. The van der Waals surface area contributed by atoms with Crippen molar-refractivity contribution in [2.75, 3.05) is 11.0 Å². The molecule has 0 aliphatic rings. The lowest BCUT2D eigenvalue weighted by molar-refractivity contribution is 0.143. The van der Waals surface area contributed by atoms with Gasteiger partial charge in [0.2, 0.25) is 10.0 Å². The number of hydrogen-bond acceptors (Lipinski definition) is 6. The van der Waals surface area contributed by atoms with Gasteiger partial charge in [-0.1, -0.05) is 23.6 Å². The third-order valence-corrected chi connectivity index (χ3v) is 6.80. The minimum Gasteiger partial charge on any atom is -0.465 e. The van der Waals surface area contributed by atoms with Crippen molar-refractivity contribution < 1.29 is 32.2 Å². The van der Waals surface area contributed by atoms with Gasteiger partial charge in [-0.25, -0.2) is 27.0 Å². The molecular formula is C28H26ClF2N5O5S. The number of anilines is 1. The van der Waals surface area contributed by atoms with E-state index in [0.717, 1.165) is 18.4 Å². The molecule has 0 saturated carbocycles. The number of sulfonamides is 1. The molecule has 1 atom stereocenters. The molecule has 220 valence electrons. The molecule has 4 rings (SSSR count). The van der Waals surface area contributed by atoms with E-state index in [1.165, 1.54) is 24.6 Å². The third-order valence-electron chi connectivity index (χ3n) is 5.92. The number of halogens is 3. The fourth-order valence-electron chi connectivity index (χ4n) is 4.43. The summed E-state index contributed by atoms with van der Waals surface area (Å²) in [7, 11) is -2.14. The number of nitrogens with zero attached hydrogens (tertiary/aromatic N) is 3. The summed E-state index contributed by atoms with van der Waals surface area (Å²) in [5.41, 5.74) is 0.387. The van der Waals surface area contributed by atoms with E-state index in [1.807, 2.05) is 0 Å². The van der Waals surface area contributed by atoms with Crippen LogP contribution in [0.2, 0.25) is 5.02 Å². The monoisotopic (exact) mass is 617 g/mol. The summed E-state index contributed by atoms with van der Waals surface area (Å²) in [6.07, 6.45) is -0.635. The lowest BCUT2D eigenvalue weighted by atomic mass is 9.94. The van der Waals surface area contributed by atoms with Crippen molar-refractivity contribution in [1.82, 2.24) is 20.1 Å². The predicted molar refractivity (Wildman–Crippen MR) is 155 cm³/mol. The normalized spacial score (nSPS) is 12.5. The molecule has 14 heteroatoms. The van der Waals surface area contributed by atoms with Gasteiger partial charge in [0.15, 0.2) is 5.82 Å². The van der Waals surface area contributed by atoms with Gasteiger partial charge in [0.25, 0.3) is 0 Å². The Balaban J connectivity index is 2.00. The van der Waals surface area contributed by atoms with Gasteiger partial charge in [0, 0.05) is 24.2 Å². The summed E-state index contributed by atoms with van der Waals surface area (Å²) in [5, 5.41) is 26.9. The number of aliphatic hydroxyl groups is 1. The number of carbonyl (C=O) groups is 1. The minimum absolute atomic E-state index is 0.0144. The van der Waals surface area contributed by atoms with Crippen LogP contribution in [0.15, 0.2) is 42.5 Å². The van der Waals surface area contributed by atoms with Crippen molar-refractivity contribution >= 4 is 44.4 Å². The molecule has 0 aliphatic heterocycles. The highest BCUT2D eigenvalue weighted by Gasteiger charge is 2.26. The first-order chi connectivity index (χ1) is 19.5. The molecule has 4 N–H and O–H groups in total. The molecular weight excluding hydrogens is 592 g/mol. The summed E-state index contributed by atoms with van der Waals surface area (Å²) in [5.74, 6) is 3.72. The summed E-state index contributed by atoms with van der Waals surface area (Å²) < 4.78 is 55.8. The van der Waals surface area contributed by atoms with Crippen LogP contribution in [0.1, 0.15) is 36.8 Å². The maximum Gasteiger partial charge on any atom is 0.405 e. The number of benzene rings is 2. The van der Waals surface area contributed by atoms with Crippen LogP contribution in [0.25, 0.3) is 22.0 Å². The Labute approximate surface area is 245 Å². The Bertz CT molecular complexity index is 1860. The molecule has 42 heavy (non-hydrogen) atoms. The molecule has 0 spiro atoms. The van der Waals surface area contributed by atoms with Crippen LogP contribution in [0.3, 0.4) is 0 Å². The topological polar surface area (TPSA) is 146 Å². The number of rotatable bonds is 7. The molecule has 4 aromatic rings. The second-order valence-electron chi connectivity index (χ2n) is 10.1. The highest BCUT2D eigenvalue weighted by Crippen LogP contribution is 2.39. The average molecular weight is 618 g/mol. The van der Waals surface area contributed by atoms with Crippen molar-refractivity contribution in [2.24, 2.45) is 7.05 Å². The number of carboxylic acid groups (broad SMARTS) is 1. The first-order valence-corrected chi connectivity index (χ1v) is 14.6. The van der Waals surface area contributed by atoms with Gasteiger partial charge < -0.3 is 15.5 Å². The van der Waals surface area contributed by atoms with Crippen LogP contribution in [-0.2, 0) is 23.5 Å². The number of fused-ring (bicyclic) bond motifs is 1. The van der Waals surface area contributed by atoms with Crippen LogP contribution >= 0.6 is 11.6 Å². The van der Waals surface area contributed by atoms with E-state index in [9.17, 15) is 32.2 Å². The lowest BCUT2D eigenvalue weighted by Gasteiger charge is -2.21. The first kappa shape index (κ1) is 30.7. The number of pyridine rings is 1. The van der Waals surface area contributed by atoms with E-state index in [2.05, 4.69) is 32.0 Å². The Morgan fingerprint density at radius 1 is 1.14 bits per heavy atom. The second-order valence-corrected chi connectivity index (χ2v) is 12.2. The standard InChI is InChI=1S/C28H26ClF2N5O5S/c1-28(2,39)10-9-18-5-6-19(20-7-8-21(29)23-25(20)36(3)34-26(23)35-42(4,40)41)24(32-18)22(33-27(37)38)13-15-11-16(30)14-17(31)12-15/h5-8,11-12,14,22,33,39H,13H2,1-4H3,(H,34,35)(H,37,38)/t22-/m0/s1. The zero-order chi connectivity index (χ0) is 31.0. The maximum absolute atomic E-state index is 14.0. The third kappa shape index (κ3) is 7.33. The molecule has 2 aromatic carbocycles. The van der Waals surface area contributed by atoms with Gasteiger partial charge in [0.05, 0.1) is 33.9 Å². The molecule has 0 saturated heterocycles. The number of nitrogens with one attached hydrogen (secondary N) is 2. The van der Waals surface area contributed by atoms with Crippen molar-refractivity contribution in [2.45, 2.75) is 31.9 Å². The number of aryl methyl sites for hydroxylation is 1. The largest absolute Gasteiger partial charge is 0.465 e. The minimum atomic E-state index is -3.72. The van der Waals surface area contributed by atoms with Crippen molar-refractivity contribution in [3.8, 4) is 23.0 Å². The summed E-state index contributed by atoms with van der Waals surface area (Å²) in [4.78, 5) is 16.5. The summed E-state index contributed by atoms with van der Waals surface area (Å²) in [6, 6.07) is 8.09. The van der Waals surface area contributed by atoms with E-state index >= 15 is 0 Å². The Morgan fingerprint density at radius 3 is 2.38 bits per heavy atom. The lowest BCUT2D eigenvalue weighted by Crippen LogP contribution is -2.30. The van der Waals surface area contributed by atoms with E-state index in [1.54, 1.807) is 25.2 Å². The van der Waals surface area contributed by atoms with E-state index in [4.69, 9.17) is 11.6 Å². The molecule has 1 amide bonds. The number of hydrogen-bond donors (Lipinski definition) is 4. The van der Waals surface area contributed by atoms with E-state index in [0.29, 0.717) is 22.7 Å². The fraction of sp³-hybridized carbons (Fsp3) is 0.250. The molecule has 2 heterocycles. The van der Waals surface area contributed by atoms with Crippen LogP contribution < -0.4 is 10.0 Å². The smallest absolute Gasteiger partial charge is 0.405 e. The van der Waals surface area contributed by atoms with Crippen LogP contribution in [0.4, 0.5) is 19.4 Å². The Kier molecular flexibility index (Phi) is 8.45. The quantitative estimate of drug-likeness (QED) is 0.221. The van der Waals surface area contributed by atoms with Gasteiger partial charge in [-0.15, -0.1) is 0 Å². The maximum atomic E-state index is 14.0. The van der Waals surface area contributed by atoms with Crippen LogP contribution in [-0.4, -0.2) is 51.3 Å². The molecule has 0 bridgehead atoms. The zero-order valence-corrected chi connectivity index (χ0v) is 24.4. The molecule has 0 radical (unpaired) electrons. The Hall–Kier alpha value is -4.25. The van der Waals surface area contributed by atoms with Gasteiger partial charge in [-0.05, 0) is 62.1 Å². The average Bonchev–Trinajstić information content (AvgIpc) is 3.16. The van der Waals surface area contributed by atoms with Gasteiger partial charge in [-0.3, -0.25) is 9.40 Å².